The van der Waals surface area contributed by atoms with Crippen LogP contribution in [-0.4, -0.2) is 96.9 Å². The maximum Gasteiger partial charge on any atom is 0.408 e. The van der Waals surface area contributed by atoms with Crippen molar-refractivity contribution in [1.82, 2.24) is 51.8 Å². The summed E-state index contributed by atoms with van der Waals surface area (Å²) in [7, 11) is 0. The van der Waals surface area contributed by atoms with Gasteiger partial charge in [-0.2, -0.15) is 10.6 Å². The number of aromatic amines is 2. The number of ether oxygens (including phenoxy) is 5. The summed E-state index contributed by atoms with van der Waals surface area (Å²) in [5.41, 5.74) is 14.8. The molecule has 3 aromatic carbocycles. The third-order valence-corrected chi connectivity index (χ3v) is 15.0. The molecule has 12 rings (SSSR count). The average molecular weight is 1350 g/mol. The lowest BCUT2D eigenvalue weighted by Crippen LogP contribution is -2.51. The van der Waals surface area contributed by atoms with Crippen molar-refractivity contribution in [3.8, 4) is 0 Å². The number of rotatable bonds is 20. The summed E-state index contributed by atoms with van der Waals surface area (Å²) in [6, 6.07) is 28.3. The third kappa shape index (κ3) is 26.3. The first kappa shape index (κ1) is 77.1. The number of alkyl carbamates (subject to hydrolysis) is 4. The largest absolute Gasteiger partial charge is 0.481 e. The van der Waals surface area contributed by atoms with Crippen LogP contribution in [0.1, 0.15) is 177 Å². The van der Waals surface area contributed by atoms with Crippen LogP contribution in [0.5, 0.6) is 0 Å². The Kier molecular flexibility index (Phi) is 30.0. The molecule has 0 bridgehead atoms. The second-order valence-corrected chi connectivity index (χ2v) is 24.0. The number of halogens is 3. The van der Waals surface area contributed by atoms with Crippen LogP contribution in [0.2, 0.25) is 0 Å². The molecule has 0 saturated heterocycles. The number of nitrogens with one attached hydrogen (secondary N) is 9. The Hall–Kier alpha value is -8.31. The van der Waals surface area contributed by atoms with E-state index in [9.17, 15) is 28.8 Å². The Labute approximate surface area is 558 Å². The van der Waals surface area contributed by atoms with Gasteiger partial charge >= 0.3 is 24.4 Å². The molecule has 2 aromatic heterocycles. The van der Waals surface area contributed by atoms with Crippen LogP contribution in [0.4, 0.5) is 19.2 Å². The van der Waals surface area contributed by atoms with Crippen LogP contribution in [0.3, 0.4) is 0 Å². The van der Waals surface area contributed by atoms with Crippen LogP contribution in [0.25, 0.3) is 0 Å². The highest BCUT2D eigenvalue weighted by molar-refractivity contribution is 6.13. The van der Waals surface area contributed by atoms with Crippen molar-refractivity contribution >= 4 is 78.6 Å². The Morgan fingerprint density at radius 1 is 0.688 bits per heavy atom. The number of Topliss-reactive ketones (excluding diaryl/α,β-unsaturated/α-hetero) is 1. The molecule has 0 spiro atoms. The number of hydrazine groups is 1. The minimum Gasteiger partial charge on any atom is -0.481 e. The fraction of sp³-hybridized carbons (Fsp3) is 0.516. The maximum atomic E-state index is 12.3. The molecule has 2 heterocycles. The first-order valence-electron chi connectivity index (χ1n) is 30.0. The molecule has 31 heteroatoms. The van der Waals surface area contributed by atoms with Gasteiger partial charge in [-0.1, -0.05) is 103 Å². The van der Waals surface area contributed by atoms with Crippen LogP contribution < -0.4 is 38.3 Å². The van der Waals surface area contributed by atoms with Gasteiger partial charge in [0.1, 0.15) is 53.7 Å². The topological polar surface area (TPSA) is 416 Å². The first-order chi connectivity index (χ1) is 43.1. The van der Waals surface area contributed by atoms with E-state index < -0.39 is 35.0 Å². The molecule has 0 atom stereocenters. The smallest absolute Gasteiger partial charge is 0.408 e. The van der Waals surface area contributed by atoms with Crippen molar-refractivity contribution in [3.05, 3.63) is 137 Å². The van der Waals surface area contributed by atoms with Crippen LogP contribution >= 0.6 is 36.6 Å². The van der Waals surface area contributed by atoms with Crippen LogP contribution in [0, 0.1) is 16.9 Å². The van der Waals surface area contributed by atoms with Crippen LogP contribution in [-0.2, 0) is 64.2 Å². The molecule has 7 fully saturated rings. The summed E-state index contributed by atoms with van der Waals surface area (Å²) >= 11 is 4.55. The molecular weight excluding hydrogens is 1270 g/mol. The van der Waals surface area contributed by atoms with E-state index in [4.69, 9.17) is 46.2 Å². The first-order valence-corrected chi connectivity index (χ1v) is 30.3. The van der Waals surface area contributed by atoms with E-state index in [0.717, 1.165) is 59.8 Å². The monoisotopic (exact) mass is 1350 g/mol. The zero-order valence-electron chi connectivity index (χ0n) is 51.9. The van der Waals surface area contributed by atoms with E-state index in [1.54, 1.807) is 20.8 Å². The third-order valence-electron chi connectivity index (χ3n) is 14.9. The number of nitrogens with zero attached hydrogens (tertiary/aromatic N) is 6. The number of amides is 5. The van der Waals surface area contributed by atoms with Crippen molar-refractivity contribution < 1.29 is 52.5 Å². The number of carbonyl (C=O) groups is 6. The fourth-order valence-corrected chi connectivity index (χ4v) is 8.56. The quantitative estimate of drug-likeness (QED) is 0.00656. The molecule has 93 heavy (non-hydrogen) atoms. The van der Waals surface area contributed by atoms with Gasteiger partial charge in [0.15, 0.2) is 17.5 Å². The number of hydrogen-bond acceptors (Lipinski definition) is 19. The molecule has 5 aromatic rings. The number of aromatic nitrogens is 5. The molecule has 7 aliphatic carbocycles. The van der Waals surface area contributed by atoms with Gasteiger partial charge in [0.25, 0.3) is 5.91 Å². The minimum atomic E-state index is -0.942. The molecule has 0 unspecified atom stereocenters. The van der Waals surface area contributed by atoms with E-state index in [1.165, 1.54) is 44.2 Å². The number of H-pyrrole nitrogens is 2. The van der Waals surface area contributed by atoms with Gasteiger partial charge < -0.3 is 55.7 Å². The number of ketones is 1. The number of imidazole rings is 1. The standard InChI is InChI=1S/C18H24N2O5.C17H19N3O2.C12H15N3O3.C8H12N4.C6H11NO.CH4.ClHN4.2ClH/c1-17(2,3)25-15(22)19-11-14(21)18(9-10-18)20-16(23)24-12-13-7-5-4-6-8-13;21-16(22-11-12-4-2-1-3-5-12)20-17(8-9-17)15-18-10-14(19-15)13-6-7-13;13-15-10(16)12(6-7-12)14-11(17)18-8-9-4-2-1-3-5-9;9-8(3-4-8)7-10-6(11-12-7)5-1-2-5;1-2-8-6(7)5-3-4-5;;1-3-5-4-2;;/h4-8H,9-12H2,1-3H3,(H,19,22)(H,20,23);1-5,10,13H,6-9,11H2,(H,18,19)(H,20,21);1-5H,6-8,13H2,(H,14,17)(H,15,16);5H,1-4,9H2,(H,10,11,12);5,7H,2-4H2,1H3;1H4;2H;2*1H. The van der Waals surface area contributed by atoms with Gasteiger partial charge in [0.05, 0.1) is 30.5 Å². The predicted octanol–water partition coefficient (Wildman–Crippen LogP) is 11.2. The van der Waals surface area contributed by atoms with E-state index in [2.05, 4.69) is 73.3 Å². The summed E-state index contributed by atoms with van der Waals surface area (Å²) in [6.45, 7) is 8.16. The van der Waals surface area contributed by atoms with Gasteiger partial charge in [0.2, 0.25) is 0 Å². The van der Waals surface area contributed by atoms with E-state index in [0.29, 0.717) is 55.9 Å². The Bertz CT molecular complexity index is 3220. The molecule has 7 saturated carbocycles. The van der Waals surface area contributed by atoms with Gasteiger partial charge in [-0.25, -0.2) is 35.0 Å². The number of carbonyl (C=O) groups excluding carboxylic acids is 6. The number of benzene rings is 3. The van der Waals surface area contributed by atoms with E-state index in [-0.39, 0.29) is 87.5 Å². The second-order valence-electron chi connectivity index (χ2n) is 23.8. The summed E-state index contributed by atoms with van der Waals surface area (Å²) in [5.74, 6) is 9.38. The SMILES string of the molecule is C.CC(C)(C)OC(=O)NCC(=O)C1(NC(=O)OCc2ccccc2)CC1.CCOC(=N)C1CC1.Cl.Cl.N=NN=NCl.NC1(c2n[nH]c(C3CC3)n2)CC1.NNC(=O)C1(NC(=O)OCc2ccccc2)CC1.O=C(NC1(c2ncc(C3CC3)[nH]2)CC1)OCc1ccccc1. The van der Waals surface area contributed by atoms with Crippen LogP contribution in [0.15, 0.2) is 112 Å². The average Bonchev–Trinajstić information content (AvgIpc) is 1.63. The number of hydrogen-bond donors (Lipinski definition) is 11. The molecule has 5 amide bonds. The summed E-state index contributed by atoms with van der Waals surface area (Å²) in [4.78, 5) is 83.0. The molecule has 0 radical (unpaired) electrons. The second kappa shape index (κ2) is 36.2. The summed E-state index contributed by atoms with van der Waals surface area (Å²) in [6.07, 6.45) is 13.0. The molecule has 0 aliphatic heterocycles. The van der Waals surface area contributed by atoms with Crippen molar-refractivity contribution in [2.45, 2.75) is 184 Å². The highest BCUT2D eigenvalue weighted by Gasteiger charge is 2.53. The van der Waals surface area contributed by atoms with E-state index in [1.807, 2.05) is 110 Å². The highest BCUT2D eigenvalue weighted by atomic mass is 35.5. The maximum absolute atomic E-state index is 12.3. The minimum absolute atomic E-state index is 0. The Morgan fingerprint density at radius 2 is 1.17 bits per heavy atom. The Balaban J connectivity index is 0.000000250. The lowest BCUT2D eigenvalue weighted by Gasteiger charge is -2.20. The fourth-order valence-electron chi connectivity index (χ4n) is 8.53. The van der Waals surface area contributed by atoms with Gasteiger partial charge in [-0.3, -0.25) is 25.5 Å². The highest BCUT2D eigenvalue weighted by Crippen LogP contribution is 2.47. The lowest BCUT2D eigenvalue weighted by atomic mass is 10.1. The number of nitrogens with two attached hydrogens (primary N) is 2. The molecule has 13 N–H and O–H groups in total. The Morgan fingerprint density at radius 3 is 1.56 bits per heavy atom. The van der Waals surface area contributed by atoms with E-state index >= 15 is 0 Å². The lowest BCUT2D eigenvalue weighted by molar-refractivity contribution is -0.124. The van der Waals surface area contributed by atoms with Crippen molar-refractivity contribution in [1.29, 1.82) is 10.9 Å². The molecule has 7 aliphatic rings. The summed E-state index contributed by atoms with van der Waals surface area (Å²) < 4.78 is 28.1. The van der Waals surface area contributed by atoms with Crippen molar-refractivity contribution in [2.75, 3.05) is 13.2 Å². The predicted molar refractivity (Wildman–Crippen MR) is 349 cm³/mol. The van der Waals surface area contributed by atoms with Gasteiger partial charge in [-0.05, 0) is 145 Å². The zero-order valence-corrected chi connectivity index (χ0v) is 54.3. The summed E-state index contributed by atoms with van der Waals surface area (Å²) in [5, 5.41) is 29.9. The van der Waals surface area contributed by atoms with Crippen molar-refractivity contribution in [2.24, 2.45) is 32.6 Å². The molecule has 508 valence electrons. The zero-order chi connectivity index (χ0) is 64.8. The molecular formula is C62H88Cl3N17O11. The van der Waals surface area contributed by atoms with Gasteiger partial charge in [0, 0.05) is 29.6 Å². The normalized spacial score (nSPS) is 16.8. The molecule has 28 nitrogen and oxygen atoms in total. The van der Waals surface area contributed by atoms with Crippen molar-refractivity contribution in [3.63, 3.8) is 0 Å². The van der Waals surface area contributed by atoms with Gasteiger partial charge in [-0.15, -0.1) is 24.8 Å².